The van der Waals surface area contributed by atoms with Gasteiger partial charge >= 0.3 is 6.03 Å². The van der Waals surface area contributed by atoms with E-state index in [1.807, 2.05) is 50.8 Å². The molecule has 5 heteroatoms. The summed E-state index contributed by atoms with van der Waals surface area (Å²) < 4.78 is 0. The van der Waals surface area contributed by atoms with Crippen LogP contribution in [0.25, 0.3) is 0 Å². The molecule has 22 heavy (non-hydrogen) atoms. The Morgan fingerprint density at radius 3 is 2.00 bits per heavy atom. The Morgan fingerprint density at radius 2 is 1.50 bits per heavy atom. The van der Waals surface area contributed by atoms with E-state index in [-0.39, 0.29) is 18.0 Å². The zero-order chi connectivity index (χ0) is 16.3. The zero-order valence-electron chi connectivity index (χ0n) is 13.8. The minimum absolute atomic E-state index is 0.0471. The van der Waals surface area contributed by atoms with Gasteiger partial charge in [0.05, 0.1) is 0 Å². The minimum Gasteiger partial charge on any atom is -0.336 e. The van der Waals surface area contributed by atoms with Crippen molar-refractivity contribution in [2.45, 2.75) is 33.7 Å². The van der Waals surface area contributed by atoms with Gasteiger partial charge in [-0.3, -0.25) is 4.79 Å². The van der Waals surface area contributed by atoms with Gasteiger partial charge < -0.3 is 15.1 Å². The molecule has 1 aliphatic rings. The molecule has 0 atom stereocenters. The fourth-order valence-corrected chi connectivity index (χ4v) is 2.76. The number of nitrogens with zero attached hydrogens (tertiary/aromatic N) is 2. The number of benzene rings is 1. The van der Waals surface area contributed by atoms with Gasteiger partial charge in [-0.05, 0) is 38.8 Å². The summed E-state index contributed by atoms with van der Waals surface area (Å²) in [4.78, 5) is 28.3. The number of carbonyl (C=O) groups is 2. The highest BCUT2D eigenvalue weighted by atomic mass is 16.2. The number of nitrogens with one attached hydrogen (secondary N) is 1. The summed E-state index contributed by atoms with van der Waals surface area (Å²) >= 11 is 0. The van der Waals surface area contributed by atoms with E-state index >= 15 is 0 Å². The highest BCUT2D eigenvalue weighted by Crippen LogP contribution is 2.17. The average molecular weight is 303 g/mol. The van der Waals surface area contributed by atoms with Crippen LogP contribution in [0.15, 0.2) is 18.2 Å². The Bertz CT molecular complexity index is 541. The number of carbonyl (C=O) groups excluding carboxylic acids is 2. The molecule has 1 fully saturated rings. The van der Waals surface area contributed by atoms with Crippen LogP contribution in [-0.4, -0.2) is 54.0 Å². The first-order chi connectivity index (χ1) is 10.4. The van der Waals surface area contributed by atoms with E-state index in [1.165, 1.54) is 0 Å². The molecule has 2 rings (SSSR count). The van der Waals surface area contributed by atoms with Gasteiger partial charge in [-0.1, -0.05) is 18.2 Å². The van der Waals surface area contributed by atoms with Crippen molar-refractivity contribution in [2.75, 3.05) is 26.2 Å². The molecule has 0 aromatic heterocycles. The van der Waals surface area contributed by atoms with E-state index in [1.54, 1.807) is 4.90 Å². The fourth-order valence-electron chi connectivity index (χ4n) is 2.76. The SMILES string of the molecule is Cc1cccc(C)c1C(=O)N1CCN(C(=O)NC(C)C)CC1. The minimum atomic E-state index is -0.0471. The molecule has 0 bridgehead atoms. The molecular formula is C17H25N3O2. The van der Waals surface area contributed by atoms with Crippen molar-refractivity contribution in [3.63, 3.8) is 0 Å². The summed E-state index contributed by atoms with van der Waals surface area (Å²) in [5.74, 6) is 0.0690. The lowest BCUT2D eigenvalue weighted by atomic mass is 10.0. The van der Waals surface area contributed by atoms with E-state index in [0.29, 0.717) is 26.2 Å². The topological polar surface area (TPSA) is 52.7 Å². The Labute approximate surface area is 132 Å². The van der Waals surface area contributed by atoms with Gasteiger partial charge in [-0.15, -0.1) is 0 Å². The van der Waals surface area contributed by atoms with Gasteiger partial charge in [-0.25, -0.2) is 4.79 Å². The zero-order valence-corrected chi connectivity index (χ0v) is 13.8. The fraction of sp³-hybridized carbons (Fsp3) is 0.529. The van der Waals surface area contributed by atoms with Crippen molar-refractivity contribution in [3.05, 3.63) is 34.9 Å². The normalized spacial score (nSPS) is 15.1. The van der Waals surface area contributed by atoms with Gasteiger partial charge in [0.15, 0.2) is 0 Å². The van der Waals surface area contributed by atoms with E-state index in [4.69, 9.17) is 0 Å². The van der Waals surface area contributed by atoms with Crippen molar-refractivity contribution in [1.29, 1.82) is 0 Å². The summed E-state index contributed by atoms with van der Waals surface area (Å²) in [6, 6.07) is 5.98. The van der Waals surface area contributed by atoms with Crippen LogP contribution in [0.1, 0.15) is 35.3 Å². The Hall–Kier alpha value is -2.04. The van der Waals surface area contributed by atoms with E-state index in [0.717, 1.165) is 16.7 Å². The first kappa shape index (κ1) is 16.3. The maximum absolute atomic E-state index is 12.7. The van der Waals surface area contributed by atoms with Gasteiger partial charge in [0.1, 0.15) is 0 Å². The third-order valence-electron chi connectivity index (χ3n) is 3.96. The molecule has 0 unspecified atom stereocenters. The first-order valence-electron chi connectivity index (χ1n) is 7.81. The second-order valence-corrected chi connectivity index (χ2v) is 6.15. The Balaban J connectivity index is 2.00. The lowest BCUT2D eigenvalue weighted by Gasteiger charge is -2.35. The molecule has 1 heterocycles. The van der Waals surface area contributed by atoms with Crippen LogP contribution in [0.4, 0.5) is 4.79 Å². The summed E-state index contributed by atoms with van der Waals surface area (Å²) in [6.45, 7) is 10.1. The second kappa shape index (κ2) is 6.81. The number of aryl methyl sites for hydroxylation is 2. The summed E-state index contributed by atoms with van der Waals surface area (Å²) in [6.07, 6.45) is 0. The number of hydrogen-bond acceptors (Lipinski definition) is 2. The van der Waals surface area contributed by atoms with Gasteiger partial charge in [0.25, 0.3) is 5.91 Å². The molecule has 0 saturated carbocycles. The Kier molecular flexibility index (Phi) is 5.06. The van der Waals surface area contributed by atoms with Crippen LogP contribution in [-0.2, 0) is 0 Å². The standard InChI is InChI=1S/C17H25N3O2/c1-12(2)18-17(22)20-10-8-19(9-11-20)16(21)15-13(3)6-5-7-14(15)4/h5-7,12H,8-11H2,1-4H3,(H,18,22). The Morgan fingerprint density at radius 1 is 1.00 bits per heavy atom. The summed E-state index contributed by atoms with van der Waals surface area (Å²) in [5, 5.41) is 2.89. The van der Waals surface area contributed by atoms with Crippen molar-refractivity contribution >= 4 is 11.9 Å². The van der Waals surface area contributed by atoms with Crippen molar-refractivity contribution in [1.82, 2.24) is 15.1 Å². The number of rotatable bonds is 2. The van der Waals surface area contributed by atoms with Crippen LogP contribution < -0.4 is 5.32 Å². The predicted octanol–water partition coefficient (Wildman–Crippen LogP) is 2.18. The first-order valence-corrected chi connectivity index (χ1v) is 7.81. The average Bonchev–Trinajstić information content (AvgIpc) is 2.46. The number of hydrogen-bond donors (Lipinski definition) is 1. The van der Waals surface area contributed by atoms with Gasteiger partial charge in [0, 0.05) is 37.8 Å². The lowest BCUT2D eigenvalue weighted by molar-refractivity contribution is 0.0662. The van der Waals surface area contributed by atoms with E-state index in [2.05, 4.69) is 5.32 Å². The summed E-state index contributed by atoms with van der Waals surface area (Å²) in [7, 11) is 0. The number of urea groups is 1. The van der Waals surface area contributed by atoms with Gasteiger partial charge in [-0.2, -0.15) is 0 Å². The molecule has 1 aliphatic heterocycles. The van der Waals surface area contributed by atoms with Crippen LogP contribution in [0, 0.1) is 13.8 Å². The predicted molar refractivity (Wildman–Crippen MR) is 87.1 cm³/mol. The molecule has 1 saturated heterocycles. The molecular weight excluding hydrogens is 278 g/mol. The van der Waals surface area contributed by atoms with E-state index < -0.39 is 0 Å². The number of amides is 3. The third kappa shape index (κ3) is 3.59. The van der Waals surface area contributed by atoms with Crippen LogP contribution in [0.2, 0.25) is 0 Å². The van der Waals surface area contributed by atoms with Crippen LogP contribution >= 0.6 is 0 Å². The smallest absolute Gasteiger partial charge is 0.317 e. The quantitative estimate of drug-likeness (QED) is 0.910. The lowest BCUT2D eigenvalue weighted by Crippen LogP contribution is -2.54. The highest BCUT2D eigenvalue weighted by Gasteiger charge is 2.26. The van der Waals surface area contributed by atoms with E-state index in [9.17, 15) is 9.59 Å². The highest BCUT2D eigenvalue weighted by molar-refractivity contribution is 5.97. The maximum atomic E-state index is 12.7. The van der Waals surface area contributed by atoms with Crippen molar-refractivity contribution in [3.8, 4) is 0 Å². The van der Waals surface area contributed by atoms with Crippen LogP contribution in [0.5, 0.6) is 0 Å². The monoisotopic (exact) mass is 303 g/mol. The molecule has 120 valence electrons. The molecule has 0 aliphatic carbocycles. The van der Waals surface area contributed by atoms with Crippen molar-refractivity contribution < 1.29 is 9.59 Å². The molecule has 5 nitrogen and oxygen atoms in total. The largest absolute Gasteiger partial charge is 0.336 e. The number of piperazine rings is 1. The molecule has 0 radical (unpaired) electrons. The summed E-state index contributed by atoms with van der Waals surface area (Å²) in [5.41, 5.74) is 2.80. The molecule has 3 amide bonds. The third-order valence-corrected chi connectivity index (χ3v) is 3.96. The van der Waals surface area contributed by atoms with Gasteiger partial charge in [0.2, 0.25) is 0 Å². The molecule has 1 aromatic rings. The second-order valence-electron chi connectivity index (χ2n) is 6.15. The van der Waals surface area contributed by atoms with Crippen molar-refractivity contribution in [2.24, 2.45) is 0 Å². The van der Waals surface area contributed by atoms with Crippen LogP contribution in [0.3, 0.4) is 0 Å². The molecule has 1 aromatic carbocycles. The molecule has 0 spiro atoms. The maximum Gasteiger partial charge on any atom is 0.317 e. The molecule has 1 N–H and O–H groups in total.